The number of carbonyl (C=O) groups is 2. The zero-order chi connectivity index (χ0) is 11.3. The number of amides is 2. The largest absolute Gasteiger partial charge is 0.477 e. The number of nitrogens with zero attached hydrogens (tertiary/aromatic N) is 1. The van der Waals surface area contributed by atoms with Gasteiger partial charge in [0.2, 0.25) is 0 Å². The summed E-state index contributed by atoms with van der Waals surface area (Å²) in [5.74, 6) is -1.09. The fourth-order valence-corrected chi connectivity index (χ4v) is 0.956. The minimum absolute atomic E-state index is 0.0359. The van der Waals surface area contributed by atoms with Crippen molar-refractivity contribution in [1.29, 1.82) is 0 Å². The fourth-order valence-electron chi connectivity index (χ4n) is 0.956. The van der Waals surface area contributed by atoms with Crippen molar-refractivity contribution in [3.63, 3.8) is 0 Å². The van der Waals surface area contributed by atoms with E-state index < -0.39 is 5.97 Å². The molecular formula is C9H11N3O3. The van der Waals surface area contributed by atoms with Gasteiger partial charge in [0.15, 0.2) is 0 Å². The molecule has 0 unspecified atom stereocenters. The van der Waals surface area contributed by atoms with Gasteiger partial charge in [-0.1, -0.05) is 6.07 Å². The number of nitrogens with one attached hydrogen (secondary N) is 2. The molecule has 15 heavy (non-hydrogen) atoms. The van der Waals surface area contributed by atoms with Gasteiger partial charge < -0.3 is 15.7 Å². The summed E-state index contributed by atoms with van der Waals surface area (Å²) in [6, 6.07) is 4.28. The molecule has 0 aliphatic carbocycles. The van der Waals surface area contributed by atoms with Crippen LogP contribution in [0.3, 0.4) is 0 Å². The van der Waals surface area contributed by atoms with Gasteiger partial charge in [-0.05, 0) is 12.1 Å². The highest BCUT2D eigenvalue weighted by Crippen LogP contribution is 1.99. The average molecular weight is 209 g/mol. The van der Waals surface area contributed by atoms with Gasteiger partial charge in [0, 0.05) is 7.05 Å². The molecule has 0 spiro atoms. The van der Waals surface area contributed by atoms with Gasteiger partial charge in [-0.25, -0.2) is 14.6 Å². The zero-order valence-corrected chi connectivity index (χ0v) is 8.15. The minimum Gasteiger partial charge on any atom is -0.477 e. The Bertz CT molecular complexity index is 379. The van der Waals surface area contributed by atoms with Crippen molar-refractivity contribution in [3.05, 3.63) is 29.6 Å². The normalized spacial score (nSPS) is 9.40. The Balaban J connectivity index is 2.66. The molecule has 2 amide bonds. The Morgan fingerprint density at radius 3 is 2.80 bits per heavy atom. The molecule has 6 nitrogen and oxygen atoms in total. The Labute approximate surface area is 86.3 Å². The number of carbonyl (C=O) groups excluding carboxylic acids is 1. The quantitative estimate of drug-likeness (QED) is 0.663. The third-order valence-electron chi connectivity index (χ3n) is 1.68. The summed E-state index contributed by atoms with van der Waals surface area (Å²) in [7, 11) is 1.50. The second-order valence-corrected chi connectivity index (χ2v) is 2.75. The monoisotopic (exact) mass is 209 g/mol. The van der Waals surface area contributed by atoms with Crippen LogP contribution in [0.2, 0.25) is 0 Å². The van der Waals surface area contributed by atoms with Crippen molar-refractivity contribution < 1.29 is 14.7 Å². The Kier molecular flexibility index (Phi) is 3.61. The average Bonchev–Trinajstić information content (AvgIpc) is 2.26. The van der Waals surface area contributed by atoms with Gasteiger partial charge in [-0.2, -0.15) is 0 Å². The number of carboxylic acids is 1. The third-order valence-corrected chi connectivity index (χ3v) is 1.68. The predicted molar refractivity (Wildman–Crippen MR) is 52.5 cm³/mol. The number of urea groups is 1. The molecule has 6 heteroatoms. The highest BCUT2D eigenvalue weighted by Gasteiger charge is 2.05. The van der Waals surface area contributed by atoms with Crippen LogP contribution in [0.5, 0.6) is 0 Å². The van der Waals surface area contributed by atoms with Crippen molar-refractivity contribution in [2.45, 2.75) is 6.54 Å². The summed E-state index contributed by atoms with van der Waals surface area (Å²) in [6.07, 6.45) is 0. The third kappa shape index (κ3) is 3.26. The summed E-state index contributed by atoms with van der Waals surface area (Å²) in [5.41, 5.74) is 0.463. The molecule has 80 valence electrons. The standard InChI is InChI=1S/C9H11N3O3/c1-10-9(15)11-5-6-3-2-4-7(12-6)8(13)14/h2-4H,5H2,1H3,(H,13,14)(H2,10,11,15). The Morgan fingerprint density at radius 1 is 1.47 bits per heavy atom. The first kappa shape index (κ1) is 11.0. The van der Waals surface area contributed by atoms with E-state index in [9.17, 15) is 9.59 Å². The molecule has 1 aromatic heterocycles. The van der Waals surface area contributed by atoms with Gasteiger partial charge >= 0.3 is 12.0 Å². The molecule has 0 radical (unpaired) electrons. The predicted octanol–water partition coefficient (Wildman–Crippen LogP) is 0.209. The number of carboxylic acid groups (broad SMARTS) is 1. The van der Waals surface area contributed by atoms with Crippen LogP contribution in [0.15, 0.2) is 18.2 Å². The van der Waals surface area contributed by atoms with Crippen molar-refractivity contribution in [2.24, 2.45) is 0 Å². The first-order chi connectivity index (χ1) is 7.13. The molecule has 0 aliphatic rings. The number of pyridine rings is 1. The second-order valence-electron chi connectivity index (χ2n) is 2.75. The summed E-state index contributed by atoms with van der Waals surface area (Å²) in [6.45, 7) is 0.195. The second kappa shape index (κ2) is 4.94. The number of hydrogen-bond acceptors (Lipinski definition) is 3. The minimum atomic E-state index is -1.09. The van der Waals surface area contributed by atoms with Gasteiger partial charge in [0.25, 0.3) is 0 Å². The molecule has 1 rings (SSSR count). The van der Waals surface area contributed by atoms with E-state index >= 15 is 0 Å². The number of aromatic carboxylic acids is 1. The van der Waals surface area contributed by atoms with Gasteiger partial charge in [-0.15, -0.1) is 0 Å². The van der Waals surface area contributed by atoms with Crippen LogP contribution in [-0.2, 0) is 6.54 Å². The van der Waals surface area contributed by atoms with Crippen LogP contribution in [0.25, 0.3) is 0 Å². The van der Waals surface area contributed by atoms with Crippen LogP contribution >= 0.6 is 0 Å². The van der Waals surface area contributed by atoms with Gasteiger partial charge in [0.1, 0.15) is 5.69 Å². The van der Waals surface area contributed by atoms with Crippen molar-refractivity contribution in [2.75, 3.05) is 7.05 Å². The maximum atomic E-state index is 10.8. The molecule has 0 fully saturated rings. The molecule has 0 saturated carbocycles. The SMILES string of the molecule is CNC(=O)NCc1cccc(C(=O)O)n1. The molecule has 0 saturated heterocycles. The molecule has 0 aromatic carbocycles. The zero-order valence-electron chi connectivity index (χ0n) is 8.15. The lowest BCUT2D eigenvalue weighted by Crippen LogP contribution is -2.32. The van der Waals surface area contributed by atoms with Crippen LogP contribution in [0.1, 0.15) is 16.2 Å². The van der Waals surface area contributed by atoms with E-state index in [0.29, 0.717) is 5.69 Å². The molecule has 1 aromatic rings. The topological polar surface area (TPSA) is 91.3 Å². The smallest absolute Gasteiger partial charge is 0.354 e. The van der Waals surface area contributed by atoms with Gasteiger partial charge in [-0.3, -0.25) is 0 Å². The fraction of sp³-hybridized carbons (Fsp3) is 0.222. The lowest BCUT2D eigenvalue weighted by atomic mass is 10.3. The van der Waals surface area contributed by atoms with E-state index in [2.05, 4.69) is 15.6 Å². The van der Waals surface area contributed by atoms with Crippen molar-refractivity contribution >= 4 is 12.0 Å². The van der Waals surface area contributed by atoms with Crippen molar-refractivity contribution in [3.8, 4) is 0 Å². The highest BCUT2D eigenvalue weighted by atomic mass is 16.4. The van der Waals surface area contributed by atoms with E-state index in [-0.39, 0.29) is 18.3 Å². The van der Waals surface area contributed by atoms with Crippen LogP contribution in [0.4, 0.5) is 4.79 Å². The van der Waals surface area contributed by atoms with E-state index in [1.54, 1.807) is 12.1 Å². The lowest BCUT2D eigenvalue weighted by Gasteiger charge is -2.04. The summed E-state index contributed by atoms with van der Waals surface area (Å²) in [5, 5.41) is 13.6. The maximum Gasteiger partial charge on any atom is 0.354 e. The summed E-state index contributed by atoms with van der Waals surface area (Å²) >= 11 is 0. The molecule has 1 heterocycles. The Hall–Kier alpha value is -2.11. The number of hydrogen-bond donors (Lipinski definition) is 3. The van der Waals surface area contributed by atoms with Crippen LogP contribution in [0, 0.1) is 0 Å². The lowest BCUT2D eigenvalue weighted by molar-refractivity contribution is 0.0690. The van der Waals surface area contributed by atoms with Crippen LogP contribution in [-0.4, -0.2) is 29.1 Å². The van der Waals surface area contributed by atoms with E-state index in [4.69, 9.17) is 5.11 Å². The summed E-state index contributed by atoms with van der Waals surface area (Å²) in [4.78, 5) is 25.3. The van der Waals surface area contributed by atoms with E-state index in [1.165, 1.54) is 13.1 Å². The molecule has 0 atom stereocenters. The first-order valence-corrected chi connectivity index (χ1v) is 4.28. The molecular weight excluding hydrogens is 198 g/mol. The van der Waals surface area contributed by atoms with E-state index in [1.807, 2.05) is 0 Å². The number of aromatic nitrogens is 1. The number of rotatable bonds is 3. The maximum absolute atomic E-state index is 10.8. The molecule has 0 bridgehead atoms. The van der Waals surface area contributed by atoms with Crippen molar-refractivity contribution in [1.82, 2.24) is 15.6 Å². The molecule has 3 N–H and O–H groups in total. The first-order valence-electron chi connectivity index (χ1n) is 4.28. The molecule has 0 aliphatic heterocycles. The highest BCUT2D eigenvalue weighted by molar-refractivity contribution is 5.85. The van der Waals surface area contributed by atoms with Crippen LogP contribution < -0.4 is 10.6 Å². The Morgan fingerprint density at radius 2 is 2.20 bits per heavy atom. The van der Waals surface area contributed by atoms with E-state index in [0.717, 1.165) is 0 Å². The summed E-state index contributed by atoms with van der Waals surface area (Å²) < 4.78 is 0. The van der Waals surface area contributed by atoms with Gasteiger partial charge in [0.05, 0.1) is 12.2 Å².